The predicted molar refractivity (Wildman–Crippen MR) is 140 cm³/mol. The zero-order valence-electron chi connectivity index (χ0n) is 19.3. The van der Waals surface area contributed by atoms with E-state index in [1.807, 2.05) is 61.7 Å². The maximum atomic E-state index is 13.5. The third-order valence-corrected chi connectivity index (χ3v) is 6.61. The second-order valence-corrected chi connectivity index (χ2v) is 8.90. The lowest BCUT2D eigenvalue weighted by Gasteiger charge is -2.20. The van der Waals surface area contributed by atoms with Gasteiger partial charge in [0.25, 0.3) is 11.5 Å². The van der Waals surface area contributed by atoms with Gasteiger partial charge in [0.15, 0.2) is 5.69 Å². The van der Waals surface area contributed by atoms with Gasteiger partial charge in [0.05, 0.1) is 5.39 Å². The number of hydrogen-bond acceptors (Lipinski definition) is 3. The van der Waals surface area contributed by atoms with Crippen molar-refractivity contribution in [1.29, 1.82) is 0 Å². The van der Waals surface area contributed by atoms with Crippen LogP contribution in [-0.4, -0.2) is 27.2 Å². The van der Waals surface area contributed by atoms with Gasteiger partial charge in [-0.25, -0.2) is 4.68 Å². The quantitative estimate of drug-likeness (QED) is 0.320. The lowest BCUT2D eigenvalue weighted by atomic mass is 9.90. The Morgan fingerprint density at radius 3 is 2.43 bits per heavy atom. The van der Waals surface area contributed by atoms with E-state index in [1.165, 1.54) is 4.68 Å². The van der Waals surface area contributed by atoms with Crippen molar-refractivity contribution in [3.8, 4) is 0 Å². The largest absolute Gasteiger partial charge is 0.361 e. The number of amides is 1. The van der Waals surface area contributed by atoms with Gasteiger partial charge in [0, 0.05) is 46.5 Å². The van der Waals surface area contributed by atoms with Gasteiger partial charge in [-0.05, 0) is 35.7 Å². The molecule has 0 radical (unpaired) electrons. The van der Waals surface area contributed by atoms with Crippen LogP contribution in [0.4, 0.5) is 0 Å². The fraction of sp³-hybridized carbons (Fsp3) is 0.179. The second kappa shape index (κ2) is 9.76. The Hall–Kier alpha value is -3.90. The number of aromatic amines is 1. The number of aromatic nitrogens is 3. The molecule has 35 heavy (non-hydrogen) atoms. The summed E-state index contributed by atoms with van der Waals surface area (Å²) in [6, 6.07) is 22.8. The molecule has 0 spiro atoms. The first kappa shape index (κ1) is 22.9. The molecule has 1 atom stereocenters. The summed E-state index contributed by atoms with van der Waals surface area (Å²) in [5.74, 6) is -0.514. The number of carbonyl (C=O) groups is 1. The van der Waals surface area contributed by atoms with E-state index in [0.29, 0.717) is 28.9 Å². The normalized spacial score (nSPS) is 12.2. The minimum atomic E-state index is -0.331. The van der Waals surface area contributed by atoms with Crippen molar-refractivity contribution in [2.24, 2.45) is 0 Å². The minimum Gasteiger partial charge on any atom is -0.361 e. The summed E-state index contributed by atoms with van der Waals surface area (Å²) in [7, 11) is 0. The topological polar surface area (TPSA) is 79.8 Å². The Bertz CT molecular complexity index is 1590. The molecule has 0 unspecified atom stereocenters. The van der Waals surface area contributed by atoms with Gasteiger partial charge >= 0.3 is 0 Å². The zero-order chi connectivity index (χ0) is 24.4. The Kier molecular flexibility index (Phi) is 6.38. The molecule has 7 heteroatoms. The lowest BCUT2D eigenvalue weighted by molar-refractivity contribution is 0.0947. The van der Waals surface area contributed by atoms with E-state index in [2.05, 4.69) is 21.5 Å². The molecule has 0 bridgehead atoms. The number of halogens is 1. The summed E-state index contributed by atoms with van der Waals surface area (Å²) in [5, 5.41) is 10.2. The molecule has 0 aliphatic heterocycles. The van der Waals surface area contributed by atoms with E-state index in [-0.39, 0.29) is 23.1 Å². The van der Waals surface area contributed by atoms with Crippen LogP contribution >= 0.6 is 11.6 Å². The number of para-hydroxylation sites is 1. The van der Waals surface area contributed by atoms with Crippen molar-refractivity contribution in [3.05, 3.63) is 111 Å². The molecular weight excluding hydrogens is 460 g/mol. The molecule has 2 aromatic heterocycles. The fourth-order valence-corrected chi connectivity index (χ4v) is 4.84. The highest BCUT2D eigenvalue weighted by molar-refractivity contribution is 6.31. The van der Waals surface area contributed by atoms with Crippen molar-refractivity contribution in [1.82, 2.24) is 20.1 Å². The highest BCUT2D eigenvalue weighted by Crippen LogP contribution is 2.34. The summed E-state index contributed by atoms with van der Waals surface area (Å²) in [5.41, 5.74) is 3.04. The molecule has 3 aromatic carbocycles. The third kappa shape index (κ3) is 4.33. The van der Waals surface area contributed by atoms with Gasteiger partial charge in [-0.2, -0.15) is 5.10 Å². The Morgan fingerprint density at radius 1 is 0.971 bits per heavy atom. The van der Waals surface area contributed by atoms with E-state index in [1.54, 1.807) is 18.2 Å². The molecule has 2 heterocycles. The van der Waals surface area contributed by atoms with Crippen LogP contribution in [0.1, 0.15) is 40.9 Å². The molecule has 176 valence electrons. The number of nitrogens with one attached hydrogen (secondary N) is 2. The predicted octanol–water partition coefficient (Wildman–Crippen LogP) is 5.50. The van der Waals surface area contributed by atoms with E-state index in [9.17, 15) is 9.59 Å². The Labute approximate surface area is 207 Å². The smallest absolute Gasteiger partial charge is 0.274 e. The maximum Gasteiger partial charge on any atom is 0.274 e. The summed E-state index contributed by atoms with van der Waals surface area (Å²) in [6.07, 6.45) is 2.71. The van der Waals surface area contributed by atoms with Crippen molar-refractivity contribution >= 4 is 39.2 Å². The van der Waals surface area contributed by atoms with E-state index >= 15 is 0 Å². The van der Waals surface area contributed by atoms with Crippen molar-refractivity contribution in [3.63, 3.8) is 0 Å². The molecule has 0 aliphatic rings. The number of fused-ring (bicyclic) bond motifs is 2. The number of carbonyl (C=O) groups excluding carboxylic acids is 1. The average Bonchev–Trinajstić information content (AvgIpc) is 3.31. The van der Waals surface area contributed by atoms with Crippen LogP contribution < -0.4 is 10.9 Å². The van der Waals surface area contributed by atoms with Crippen LogP contribution in [0.5, 0.6) is 0 Å². The number of rotatable bonds is 7. The highest BCUT2D eigenvalue weighted by Gasteiger charge is 2.23. The Balaban J connectivity index is 1.53. The molecule has 1 amide bonds. The van der Waals surface area contributed by atoms with Crippen molar-refractivity contribution in [2.75, 3.05) is 6.54 Å². The first-order valence-electron chi connectivity index (χ1n) is 11.7. The van der Waals surface area contributed by atoms with Crippen molar-refractivity contribution in [2.45, 2.75) is 25.8 Å². The van der Waals surface area contributed by atoms with Crippen molar-refractivity contribution < 1.29 is 4.79 Å². The Morgan fingerprint density at radius 2 is 1.66 bits per heavy atom. The zero-order valence-corrected chi connectivity index (χ0v) is 20.0. The first-order chi connectivity index (χ1) is 17.1. The van der Waals surface area contributed by atoms with Crippen LogP contribution in [0, 0.1) is 0 Å². The van der Waals surface area contributed by atoms with Gasteiger partial charge in [-0.1, -0.05) is 73.1 Å². The average molecular weight is 485 g/mol. The molecule has 5 rings (SSSR count). The maximum absolute atomic E-state index is 13.5. The SMILES string of the molecule is CCCn1nc(C(=O)NC[C@H](c2ccccc2Cl)c2c[nH]c3ccccc23)c2ccccc2c1=O. The summed E-state index contributed by atoms with van der Waals surface area (Å²) < 4.78 is 1.38. The molecule has 0 saturated heterocycles. The monoisotopic (exact) mass is 484 g/mol. The fourth-order valence-electron chi connectivity index (χ4n) is 4.57. The minimum absolute atomic E-state index is 0.184. The van der Waals surface area contributed by atoms with Crippen LogP contribution in [0.3, 0.4) is 0 Å². The summed E-state index contributed by atoms with van der Waals surface area (Å²) >= 11 is 6.60. The van der Waals surface area contributed by atoms with E-state index in [0.717, 1.165) is 28.5 Å². The molecular formula is C28H25ClN4O2. The summed E-state index contributed by atoms with van der Waals surface area (Å²) in [6.45, 7) is 2.73. The van der Waals surface area contributed by atoms with E-state index < -0.39 is 0 Å². The van der Waals surface area contributed by atoms with Gasteiger partial charge in [0.2, 0.25) is 0 Å². The standard InChI is InChI=1S/C28H25ClN4O2/c1-2-15-33-28(35)21-12-4-3-11-20(21)26(32-33)27(34)31-17-22(18-9-5-7-13-24(18)29)23-16-30-25-14-8-6-10-19(23)25/h3-14,16,22,30H,2,15,17H2,1H3,(H,31,34)/t22-/m1/s1. The van der Waals surface area contributed by atoms with Crippen LogP contribution in [0.25, 0.3) is 21.7 Å². The summed E-state index contributed by atoms with van der Waals surface area (Å²) in [4.78, 5) is 29.6. The number of benzene rings is 3. The first-order valence-corrected chi connectivity index (χ1v) is 12.0. The number of hydrogen-bond donors (Lipinski definition) is 2. The second-order valence-electron chi connectivity index (χ2n) is 8.50. The van der Waals surface area contributed by atoms with Crippen LogP contribution in [0.15, 0.2) is 83.8 Å². The van der Waals surface area contributed by atoms with Gasteiger partial charge < -0.3 is 10.3 Å². The van der Waals surface area contributed by atoms with E-state index in [4.69, 9.17) is 11.6 Å². The number of H-pyrrole nitrogens is 1. The molecule has 0 saturated carbocycles. The number of aryl methyl sites for hydroxylation is 1. The molecule has 0 fully saturated rings. The van der Waals surface area contributed by atoms with Gasteiger partial charge in [-0.15, -0.1) is 0 Å². The molecule has 2 N–H and O–H groups in total. The highest BCUT2D eigenvalue weighted by atomic mass is 35.5. The molecule has 0 aliphatic carbocycles. The third-order valence-electron chi connectivity index (χ3n) is 6.26. The molecule has 5 aromatic rings. The van der Waals surface area contributed by atoms with Gasteiger partial charge in [0.1, 0.15) is 0 Å². The van der Waals surface area contributed by atoms with Crippen LogP contribution in [-0.2, 0) is 6.54 Å². The van der Waals surface area contributed by atoms with Gasteiger partial charge in [-0.3, -0.25) is 9.59 Å². The molecule has 6 nitrogen and oxygen atoms in total. The van der Waals surface area contributed by atoms with Crippen LogP contribution in [0.2, 0.25) is 5.02 Å². The number of nitrogens with zero attached hydrogens (tertiary/aromatic N) is 2. The lowest BCUT2D eigenvalue weighted by Crippen LogP contribution is -2.33.